The van der Waals surface area contributed by atoms with Gasteiger partial charge in [-0.05, 0) is 12.5 Å². The fourth-order valence-electron chi connectivity index (χ4n) is 1.96. The molecule has 0 saturated carbocycles. The van der Waals surface area contributed by atoms with Crippen LogP contribution in [0.3, 0.4) is 0 Å². The monoisotopic (exact) mass is 269 g/mol. The smallest absolute Gasteiger partial charge is 0.320 e. The molecule has 0 unspecified atom stereocenters. The first-order valence-corrected chi connectivity index (χ1v) is 6.43. The van der Waals surface area contributed by atoms with Crippen LogP contribution in [0.4, 0.5) is 5.82 Å². The molecule has 3 rings (SSSR count). The van der Waals surface area contributed by atoms with Crippen LogP contribution in [0, 0.1) is 0 Å². The Balaban J connectivity index is 1.88. The minimum Gasteiger partial charge on any atom is -0.458 e. The van der Waals surface area contributed by atoms with E-state index in [0.29, 0.717) is 23.6 Å². The second-order valence-electron chi connectivity index (χ2n) is 4.37. The predicted molar refractivity (Wildman–Crippen MR) is 76.2 cm³/mol. The van der Waals surface area contributed by atoms with Crippen LogP contribution in [0.25, 0.3) is 11.2 Å². The normalized spacial score (nSPS) is 10.8. The van der Waals surface area contributed by atoms with Gasteiger partial charge in [0.2, 0.25) is 0 Å². The van der Waals surface area contributed by atoms with Gasteiger partial charge in [0.05, 0.1) is 6.33 Å². The lowest BCUT2D eigenvalue weighted by molar-refractivity contribution is 0.282. The highest BCUT2D eigenvalue weighted by Crippen LogP contribution is 2.19. The molecule has 102 valence electrons. The zero-order valence-corrected chi connectivity index (χ0v) is 11.2. The largest absolute Gasteiger partial charge is 0.458 e. The van der Waals surface area contributed by atoms with Gasteiger partial charge in [-0.1, -0.05) is 30.3 Å². The van der Waals surface area contributed by atoms with Crippen LogP contribution in [0.2, 0.25) is 0 Å². The SMILES string of the molecule is CCn1cnc2c(N)nc(OCc3ccccc3)nc21. The van der Waals surface area contributed by atoms with Crippen molar-refractivity contribution in [1.29, 1.82) is 0 Å². The first-order chi connectivity index (χ1) is 9.78. The van der Waals surface area contributed by atoms with E-state index in [2.05, 4.69) is 15.0 Å². The summed E-state index contributed by atoms with van der Waals surface area (Å²) >= 11 is 0. The molecule has 0 spiro atoms. The van der Waals surface area contributed by atoms with Gasteiger partial charge in [-0.2, -0.15) is 9.97 Å². The molecule has 2 aromatic heterocycles. The molecule has 6 nitrogen and oxygen atoms in total. The molecule has 1 aromatic carbocycles. The van der Waals surface area contributed by atoms with Gasteiger partial charge in [-0.3, -0.25) is 0 Å². The molecule has 20 heavy (non-hydrogen) atoms. The Bertz CT molecular complexity index is 723. The van der Waals surface area contributed by atoms with Crippen LogP contribution in [0.1, 0.15) is 12.5 Å². The van der Waals surface area contributed by atoms with Crippen LogP contribution in [-0.2, 0) is 13.2 Å². The highest BCUT2D eigenvalue weighted by Gasteiger charge is 2.11. The van der Waals surface area contributed by atoms with Gasteiger partial charge < -0.3 is 15.0 Å². The maximum absolute atomic E-state index is 5.89. The van der Waals surface area contributed by atoms with Crippen molar-refractivity contribution in [1.82, 2.24) is 19.5 Å². The predicted octanol–water partition coefficient (Wildman–Crippen LogP) is 2.01. The van der Waals surface area contributed by atoms with E-state index in [0.717, 1.165) is 12.1 Å². The Hall–Kier alpha value is -2.63. The van der Waals surface area contributed by atoms with Gasteiger partial charge in [0.1, 0.15) is 12.1 Å². The molecule has 3 aromatic rings. The lowest BCUT2D eigenvalue weighted by Crippen LogP contribution is -2.04. The number of nitrogens with two attached hydrogens (primary N) is 1. The summed E-state index contributed by atoms with van der Waals surface area (Å²) in [7, 11) is 0. The third-order valence-electron chi connectivity index (χ3n) is 3.02. The molecule has 0 radical (unpaired) electrons. The number of nitrogens with zero attached hydrogens (tertiary/aromatic N) is 4. The van der Waals surface area contributed by atoms with Crippen molar-refractivity contribution < 1.29 is 4.74 Å². The summed E-state index contributed by atoms with van der Waals surface area (Å²) in [5.74, 6) is 0.338. The van der Waals surface area contributed by atoms with Crippen molar-refractivity contribution in [2.45, 2.75) is 20.1 Å². The van der Waals surface area contributed by atoms with E-state index in [9.17, 15) is 0 Å². The molecule has 0 saturated heterocycles. The Morgan fingerprint density at radius 2 is 2.00 bits per heavy atom. The summed E-state index contributed by atoms with van der Waals surface area (Å²) in [6.07, 6.45) is 1.71. The van der Waals surface area contributed by atoms with Crippen molar-refractivity contribution >= 4 is 17.0 Å². The second-order valence-corrected chi connectivity index (χ2v) is 4.37. The van der Waals surface area contributed by atoms with Crippen LogP contribution in [0.5, 0.6) is 6.01 Å². The van der Waals surface area contributed by atoms with Crippen molar-refractivity contribution in [3.63, 3.8) is 0 Å². The van der Waals surface area contributed by atoms with E-state index in [1.807, 2.05) is 41.8 Å². The zero-order chi connectivity index (χ0) is 13.9. The number of imidazole rings is 1. The summed E-state index contributed by atoms with van der Waals surface area (Å²) in [4.78, 5) is 12.7. The van der Waals surface area contributed by atoms with Gasteiger partial charge in [-0.25, -0.2) is 4.98 Å². The first-order valence-electron chi connectivity index (χ1n) is 6.43. The molecule has 0 fully saturated rings. The van der Waals surface area contributed by atoms with Gasteiger partial charge in [0.15, 0.2) is 11.5 Å². The average Bonchev–Trinajstić information content (AvgIpc) is 2.90. The molecular weight excluding hydrogens is 254 g/mol. The van der Waals surface area contributed by atoms with Crippen molar-refractivity contribution in [2.75, 3.05) is 5.73 Å². The summed E-state index contributed by atoms with van der Waals surface area (Å²) < 4.78 is 7.51. The average molecular weight is 269 g/mol. The van der Waals surface area contributed by atoms with Crippen molar-refractivity contribution in [3.8, 4) is 6.01 Å². The molecule has 0 amide bonds. The molecule has 0 aliphatic heterocycles. The van der Waals surface area contributed by atoms with E-state index < -0.39 is 0 Å². The summed E-state index contributed by atoms with van der Waals surface area (Å²) in [6, 6.07) is 10.1. The molecule has 2 N–H and O–H groups in total. The van der Waals surface area contributed by atoms with Gasteiger partial charge in [0, 0.05) is 6.54 Å². The number of aryl methyl sites for hydroxylation is 1. The number of ether oxygens (including phenoxy) is 1. The first kappa shape index (κ1) is 12.4. The van der Waals surface area contributed by atoms with E-state index in [1.54, 1.807) is 6.33 Å². The number of hydrogen-bond donors (Lipinski definition) is 1. The van der Waals surface area contributed by atoms with Crippen LogP contribution in [0.15, 0.2) is 36.7 Å². The fraction of sp³-hybridized carbons (Fsp3) is 0.214. The quantitative estimate of drug-likeness (QED) is 0.783. The third kappa shape index (κ3) is 2.27. The van der Waals surface area contributed by atoms with Crippen molar-refractivity contribution in [3.05, 3.63) is 42.2 Å². The molecule has 2 heterocycles. The summed E-state index contributed by atoms with van der Waals surface area (Å²) in [6.45, 7) is 3.20. The second kappa shape index (κ2) is 5.16. The number of rotatable bonds is 4. The topological polar surface area (TPSA) is 78.9 Å². The number of benzene rings is 1. The highest BCUT2D eigenvalue weighted by atomic mass is 16.5. The number of nitrogen functional groups attached to an aromatic ring is 1. The minimum absolute atomic E-state index is 0.272. The number of hydrogen-bond acceptors (Lipinski definition) is 5. The van der Waals surface area contributed by atoms with Crippen molar-refractivity contribution in [2.24, 2.45) is 0 Å². The molecule has 0 atom stereocenters. The Kier molecular flexibility index (Phi) is 3.20. The Labute approximate surface area is 116 Å². The fourth-order valence-corrected chi connectivity index (χ4v) is 1.96. The van der Waals surface area contributed by atoms with E-state index in [4.69, 9.17) is 10.5 Å². The van der Waals surface area contributed by atoms with E-state index in [1.165, 1.54) is 0 Å². The number of aromatic nitrogens is 4. The molecular formula is C14H15N5O. The molecule has 0 aliphatic carbocycles. The van der Waals surface area contributed by atoms with Gasteiger partial charge in [0.25, 0.3) is 0 Å². The molecule has 0 bridgehead atoms. The van der Waals surface area contributed by atoms with Crippen LogP contribution >= 0.6 is 0 Å². The van der Waals surface area contributed by atoms with Gasteiger partial charge >= 0.3 is 6.01 Å². The Morgan fingerprint density at radius 3 is 2.75 bits per heavy atom. The summed E-state index contributed by atoms with van der Waals surface area (Å²) in [5, 5.41) is 0. The maximum Gasteiger partial charge on any atom is 0.320 e. The molecule has 6 heteroatoms. The van der Waals surface area contributed by atoms with Crippen LogP contribution in [-0.4, -0.2) is 19.5 Å². The standard InChI is InChI=1S/C14H15N5O/c1-2-19-9-16-11-12(15)17-14(18-13(11)19)20-8-10-6-4-3-5-7-10/h3-7,9H,2,8H2,1H3,(H2,15,17,18). The lowest BCUT2D eigenvalue weighted by atomic mass is 10.2. The maximum atomic E-state index is 5.89. The van der Waals surface area contributed by atoms with Gasteiger partial charge in [-0.15, -0.1) is 0 Å². The Morgan fingerprint density at radius 1 is 1.20 bits per heavy atom. The number of anilines is 1. The third-order valence-corrected chi connectivity index (χ3v) is 3.02. The number of fused-ring (bicyclic) bond motifs is 1. The lowest BCUT2D eigenvalue weighted by Gasteiger charge is -2.06. The minimum atomic E-state index is 0.272. The highest BCUT2D eigenvalue weighted by molar-refractivity contribution is 5.81. The zero-order valence-electron chi connectivity index (χ0n) is 11.2. The molecule has 0 aliphatic rings. The van der Waals surface area contributed by atoms with E-state index >= 15 is 0 Å². The van der Waals surface area contributed by atoms with Crippen LogP contribution < -0.4 is 10.5 Å². The van der Waals surface area contributed by atoms with E-state index in [-0.39, 0.29) is 6.01 Å². The summed E-state index contributed by atoms with van der Waals surface area (Å²) in [5.41, 5.74) is 8.25.